The Morgan fingerprint density at radius 3 is 2.48 bits per heavy atom. The van der Waals surface area contributed by atoms with Crippen LogP contribution in [0.25, 0.3) is 0 Å². The second-order valence-electron chi connectivity index (χ2n) is 5.63. The molecule has 4 N–H and O–H groups in total. The largest absolute Gasteiger partial charge is 0.357 e. The fourth-order valence-electron chi connectivity index (χ4n) is 2.21. The zero-order valence-corrected chi connectivity index (χ0v) is 19.4. The minimum atomic E-state index is -3.66. The Hall–Kier alpha value is -1.24. The molecule has 27 heavy (non-hydrogen) atoms. The van der Waals surface area contributed by atoms with Gasteiger partial charge in [0.2, 0.25) is 10.0 Å². The summed E-state index contributed by atoms with van der Waals surface area (Å²) in [6.07, 6.45) is 3.79. The lowest BCUT2D eigenvalue weighted by atomic mass is 10.2. The molecular formula is C17H26IN5O2S2. The van der Waals surface area contributed by atoms with Crippen molar-refractivity contribution in [2.24, 2.45) is 10.1 Å². The first-order valence-electron chi connectivity index (χ1n) is 8.50. The van der Waals surface area contributed by atoms with Crippen LogP contribution in [-0.2, 0) is 29.4 Å². The second kappa shape index (κ2) is 11.6. The third kappa shape index (κ3) is 8.11. The number of nitrogens with zero attached hydrogens (tertiary/aromatic N) is 2. The molecule has 0 bridgehead atoms. The highest BCUT2D eigenvalue weighted by Gasteiger charge is 2.07. The number of rotatable bonds is 8. The first kappa shape index (κ1) is 23.8. The Kier molecular flexibility index (Phi) is 10.2. The van der Waals surface area contributed by atoms with Crippen molar-refractivity contribution >= 4 is 51.3 Å². The Morgan fingerprint density at radius 1 is 1.22 bits per heavy atom. The molecule has 0 atom stereocenters. The molecule has 1 aromatic heterocycles. The number of hydrogen-bond donors (Lipinski definition) is 3. The van der Waals surface area contributed by atoms with Gasteiger partial charge < -0.3 is 10.6 Å². The summed E-state index contributed by atoms with van der Waals surface area (Å²) < 4.78 is 22.6. The zero-order chi connectivity index (χ0) is 19.0. The van der Waals surface area contributed by atoms with Gasteiger partial charge in [-0.25, -0.2) is 23.5 Å². The van der Waals surface area contributed by atoms with E-state index in [0.29, 0.717) is 6.54 Å². The summed E-state index contributed by atoms with van der Waals surface area (Å²) in [4.78, 5) is 10.3. The van der Waals surface area contributed by atoms with Gasteiger partial charge in [0.25, 0.3) is 0 Å². The van der Waals surface area contributed by atoms with Crippen LogP contribution in [0.2, 0.25) is 0 Å². The van der Waals surface area contributed by atoms with Gasteiger partial charge in [0.15, 0.2) is 5.96 Å². The first-order chi connectivity index (χ1) is 12.4. The van der Waals surface area contributed by atoms with Gasteiger partial charge in [-0.3, -0.25) is 0 Å². The Balaban J connectivity index is 0.00000364. The maximum absolute atomic E-state index is 11.3. The quantitative estimate of drug-likeness (QED) is 0.280. The molecule has 0 aliphatic heterocycles. The zero-order valence-electron chi connectivity index (χ0n) is 15.4. The van der Waals surface area contributed by atoms with Crippen molar-refractivity contribution in [1.29, 1.82) is 0 Å². The minimum Gasteiger partial charge on any atom is -0.357 e. The Bertz CT molecular complexity index is 835. The number of sulfonamides is 1. The van der Waals surface area contributed by atoms with Gasteiger partial charge in [0.05, 0.1) is 16.4 Å². The van der Waals surface area contributed by atoms with E-state index >= 15 is 0 Å². The lowest BCUT2D eigenvalue weighted by Crippen LogP contribution is -2.38. The highest BCUT2D eigenvalue weighted by molar-refractivity contribution is 14.0. The lowest BCUT2D eigenvalue weighted by Gasteiger charge is -2.10. The van der Waals surface area contributed by atoms with Crippen molar-refractivity contribution in [1.82, 2.24) is 15.6 Å². The van der Waals surface area contributed by atoms with Crippen LogP contribution < -0.4 is 15.8 Å². The molecule has 0 saturated carbocycles. The standard InChI is InChI=1S/C17H25N5O2S2.HI/c1-3-14-12-21-16(25-14)9-10-20-17(19-4-2)22-11-13-5-7-15(8-6-13)26(18,23)24;/h5-8,12H,3-4,9-11H2,1-2H3,(H2,18,23,24)(H2,19,20,22);1H. The fraction of sp³-hybridized carbons (Fsp3) is 0.412. The third-order valence-corrected chi connectivity index (χ3v) is 5.73. The summed E-state index contributed by atoms with van der Waals surface area (Å²) in [6.45, 7) is 6.07. The van der Waals surface area contributed by atoms with E-state index in [2.05, 4.69) is 27.5 Å². The van der Waals surface area contributed by atoms with E-state index in [4.69, 9.17) is 5.14 Å². The number of halogens is 1. The molecule has 0 fully saturated rings. The molecule has 10 heteroatoms. The van der Waals surface area contributed by atoms with E-state index in [-0.39, 0.29) is 28.9 Å². The molecule has 0 amide bonds. The number of thiazole rings is 1. The molecular weight excluding hydrogens is 497 g/mol. The van der Waals surface area contributed by atoms with Crippen molar-refractivity contribution < 1.29 is 8.42 Å². The molecule has 2 aromatic rings. The van der Waals surface area contributed by atoms with Crippen LogP contribution >= 0.6 is 35.3 Å². The molecule has 1 heterocycles. The smallest absolute Gasteiger partial charge is 0.238 e. The Labute approximate surface area is 182 Å². The number of nitrogens with one attached hydrogen (secondary N) is 2. The van der Waals surface area contributed by atoms with Crippen molar-refractivity contribution in [2.45, 2.75) is 38.1 Å². The SMILES string of the molecule is CCNC(=NCc1ccc(S(N)(=O)=O)cc1)NCCc1ncc(CC)s1.I. The van der Waals surface area contributed by atoms with Gasteiger partial charge in [-0.15, -0.1) is 35.3 Å². The van der Waals surface area contributed by atoms with Gasteiger partial charge in [-0.05, 0) is 31.0 Å². The van der Waals surface area contributed by atoms with Gasteiger partial charge in [-0.1, -0.05) is 19.1 Å². The van der Waals surface area contributed by atoms with Gasteiger partial charge >= 0.3 is 0 Å². The second-order valence-corrected chi connectivity index (χ2v) is 8.40. The molecule has 0 unspecified atom stereocenters. The van der Waals surface area contributed by atoms with Crippen molar-refractivity contribution in [2.75, 3.05) is 13.1 Å². The third-order valence-electron chi connectivity index (χ3n) is 3.60. The van der Waals surface area contributed by atoms with Crippen molar-refractivity contribution in [3.63, 3.8) is 0 Å². The van der Waals surface area contributed by atoms with Crippen molar-refractivity contribution in [3.05, 3.63) is 45.9 Å². The number of hydrogen-bond acceptors (Lipinski definition) is 5. The predicted octanol–water partition coefficient (Wildman–Crippen LogP) is 2.27. The normalized spacial score (nSPS) is 11.7. The summed E-state index contributed by atoms with van der Waals surface area (Å²) >= 11 is 1.74. The first-order valence-corrected chi connectivity index (χ1v) is 10.9. The van der Waals surface area contributed by atoms with Crippen LogP contribution in [0.4, 0.5) is 0 Å². The molecule has 0 aliphatic rings. The number of nitrogens with two attached hydrogens (primary N) is 1. The molecule has 0 spiro atoms. The summed E-state index contributed by atoms with van der Waals surface area (Å²) in [6, 6.07) is 6.42. The highest BCUT2D eigenvalue weighted by atomic mass is 127. The summed E-state index contributed by atoms with van der Waals surface area (Å²) in [5.74, 6) is 0.718. The van der Waals surface area contributed by atoms with Crippen LogP contribution in [-0.4, -0.2) is 32.5 Å². The summed E-state index contributed by atoms with van der Waals surface area (Å²) in [5.41, 5.74) is 0.905. The van der Waals surface area contributed by atoms with Crippen LogP contribution in [0.1, 0.15) is 29.3 Å². The average Bonchev–Trinajstić information content (AvgIpc) is 3.07. The number of aromatic nitrogens is 1. The number of aryl methyl sites for hydroxylation is 1. The topological polar surface area (TPSA) is 109 Å². The molecule has 2 rings (SSSR count). The Morgan fingerprint density at radius 2 is 1.93 bits per heavy atom. The number of benzene rings is 1. The molecule has 7 nitrogen and oxygen atoms in total. The maximum Gasteiger partial charge on any atom is 0.238 e. The average molecular weight is 523 g/mol. The number of aliphatic imine (C=N–C) groups is 1. The molecule has 150 valence electrons. The van der Waals surface area contributed by atoms with Crippen molar-refractivity contribution in [3.8, 4) is 0 Å². The predicted molar refractivity (Wildman–Crippen MR) is 121 cm³/mol. The minimum absolute atomic E-state index is 0. The monoisotopic (exact) mass is 523 g/mol. The summed E-state index contributed by atoms with van der Waals surface area (Å²) in [5, 5.41) is 12.7. The van der Waals surface area contributed by atoms with E-state index in [9.17, 15) is 8.42 Å². The highest BCUT2D eigenvalue weighted by Crippen LogP contribution is 2.13. The fourth-order valence-corrected chi connectivity index (χ4v) is 3.59. The van der Waals surface area contributed by atoms with E-state index in [1.807, 2.05) is 13.1 Å². The van der Waals surface area contributed by atoms with Crippen LogP contribution in [0.5, 0.6) is 0 Å². The van der Waals surface area contributed by atoms with Crippen LogP contribution in [0, 0.1) is 0 Å². The lowest BCUT2D eigenvalue weighted by molar-refractivity contribution is 0.598. The van der Waals surface area contributed by atoms with Gasteiger partial charge in [0, 0.05) is 30.6 Å². The van der Waals surface area contributed by atoms with Crippen LogP contribution in [0.15, 0.2) is 40.4 Å². The number of guanidine groups is 1. The molecule has 1 aromatic carbocycles. The molecule has 0 radical (unpaired) electrons. The van der Waals surface area contributed by atoms with Gasteiger partial charge in [-0.2, -0.15) is 0 Å². The molecule has 0 aliphatic carbocycles. The van der Waals surface area contributed by atoms with E-state index in [0.717, 1.165) is 42.5 Å². The van der Waals surface area contributed by atoms with Crippen LogP contribution in [0.3, 0.4) is 0 Å². The van der Waals surface area contributed by atoms with E-state index < -0.39 is 10.0 Å². The van der Waals surface area contributed by atoms with E-state index in [1.54, 1.807) is 23.5 Å². The maximum atomic E-state index is 11.3. The van der Waals surface area contributed by atoms with Gasteiger partial charge in [0.1, 0.15) is 0 Å². The van der Waals surface area contributed by atoms with E-state index in [1.165, 1.54) is 17.0 Å². The molecule has 0 saturated heterocycles. The summed E-state index contributed by atoms with van der Waals surface area (Å²) in [7, 11) is -3.66. The number of primary sulfonamides is 1.